The summed E-state index contributed by atoms with van der Waals surface area (Å²) >= 11 is 0. The van der Waals surface area contributed by atoms with Gasteiger partial charge in [-0.05, 0) is 42.9 Å². The molecule has 2 N–H and O–H groups in total. The van der Waals surface area contributed by atoms with Crippen molar-refractivity contribution in [3.63, 3.8) is 0 Å². The number of nitrogens with one attached hydrogen (secondary N) is 1. The van der Waals surface area contributed by atoms with Crippen LogP contribution in [0.2, 0.25) is 0 Å². The molecule has 5 rings (SSSR count). The number of carbonyl (C=O) groups excluding carboxylic acids is 1. The standard InChI is InChI=1S/C28H33N3O3/c1-31-23(14-17-30-31)27(33)29-19-28(21-10-6-3-7-11-21)15-12-22-24(32)18-26(34-25(22)13-16-28)20-8-4-2-5-9-20/h2-11,14,17,22,24-26,32H,12-13,15-16,18-19H2,1H3,(H,29,33)/t22-,24+,25+,26+,28+/m1/s1. The monoisotopic (exact) mass is 459 g/mol. The van der Waals surface area contributed by atoms with Gasteiger partial charge in [-0.25, -0.2) is 0 Å². The molecule has 6 heteroatoms. The van der Waals surface area contributed by atoms with Crippen molar-refractivity contribution in [3.05, 3.63) is 89.7 Å². The topological polar surface area (TPSA) is 76.4 Å². The maximum Gasteiger partial charge on any atom is 0.269 e. The number of aliphatic hydroxyl groups excluding tert-OH is 1. The van der Waals surface area contributed by atoms with Crippen LogP contribution in [0.25, 0.3) is 0 Å². The van der Waals surface area contributed by atoms with Crippen molar-refractivity contribution in [2.45, 2.75) is 55.8 Å². The highest BCUT2D eigenvalue weighted by Gasteiger charge is 2.44. The third-order valence-corrected chi connectivity index (χ3v) is 7.83. The molecule has 0 unspecified atom stereocenters. The van der Waals surface area contributed by atoms with Gasteiger partial charge in [-0.2, -0.15) is 5.10 Å². The van der Waals surface area contributed by atoms with Crippen LogP contribution in [0.1, 0.15) is 59.8 Å². The Labute approximate surface area is 201 Å². The maximum atomic E-state index is 12.9. The average Bonchev–Trinajstić information content (AvgIpc) is 3.21. The van der Waals surface area contributed by atoms with Crippen molar-refractivity contribution in [1.29, 1.82) is 0 Å². The highest BCUT2D eigenvalue weighted by molar-refractivity contribution is 5.92. The molecule has 0 bridgehead atoms. The van der Waals surface area contributed by atoms with Crippen molar-refractivity contribution in [1.82, 2.24) is 15.1 Å². The van der Waals surface area contributed by atoms with Gasteiger partial charge in [0.05, 0.1) is 18.3 Å². The van der Waals surface area contributed by atoms with E-state index in [1.165, 1.54) is 5.56 Å². The second-order valence-electron chi connectivity index (χ2n) is 9.79. The Hall–Kier alpha value is -2.96. The third-order valence-electron chi connectivity index (χ3n) is 7.83. The van der Waals surface area contributed by atoms with Crippen molar-refractivity contribution in [3.8, 4) is 0 Å². The molecule has 1 aromatic heterocycles. The fraction of sp³-hybridized carbons (Fsp3) is 0.429. The summed E-state index contributed by atoms with van der Waals surface area (Å²) in [4.78, 5) is 12.9. The number of aromatic nitrogens is 2. The Morgan fingerprint density at radius 2 is 1.79 bits per heavy atom. The van der Waals surface area contributed by atoms with E-state index in [1.807, 2.05) is 24.3 Å². The highest BCUT2D eigenvalue weighted by atomic mass is 16.5. The first-order valence-corrected chi connectivity index (χ1v) is 12.3. The second-order valence-corrected chi connectivity index (χ2v) is 9.79. The number of ether oxygens (including phenoxy) is 1. The van der Waals surface area contributed by atoms with Gasteiger partial charge in [0.2, 0.25) is 0 Å². The summed E-state index contributed by atoms with van der Waals surface area (Å²) in [5, 5.41) is 18.4. The Morgan fingerprint density at radius 1 is 1.09 bits per heavy atom. The number of nitrogens with zero attached hydrogens (tertiary/aromatic N) is 2. The summed E-state index contributed by atoms with van der Waals surface area (Å²) in [5.41, 5.74) is 2.70. The van der Waals surface area contributed by atoms with E-state index in [4.69, 9.17) is 4.74 Å². The highest BCUT2D eigenvalue weighted by Crippen LogP contribution is 2.46. The summed E-state index contributed by atoms with van der Waals surface area (Å²) in [6.45, 7) is 0.540. The first kappa shape index (κ1) is 22.8. The SMILES string of the molecule is Cn1nccc1C(=O)NC[C@]1(c2ccccc2)CC[C@H]2[C@H](CC1)O[C@H](c1ccccc1)C[C@@H]2O. The summed E-state index contributed by atoms with van der Waals surface area (Å²) in [6, 6.07) is 22.4. The van der Waals surface area contributed by atoms with Crippen LogP contribution in [0.3, 0.4) is 0 Å². The third kappa shape index (κ3) is 4.52. The van der Waals surface area contributed by atoms with E-state index in [2.05, 4.69) is 46.8 Å². The first-order valence-electron chi connectivity index (χ1n) is 12.3. The van der Waals surface area contributed by atoms with Gasteiger partial charge in [0.25, 0.3) is 5.91 Å². The van der Waals surface area contributed by atoms with Crippen LogP contribution in [0.4, 0.5) is 0 Å². The lowest BCUT2D eigenvalue weighted by Crippen LogP contribution is -2.41. The predicted molar refractivity (Wildman–Crippen MR) is 130 cm³/mol. The van der Waals surface area contributed by atoms with E-state index < -0.39 is 0 Å². The zero-order valence-electron chi connectivity index (χ0n) is 19.6. The molecule has 1 aliphatic heterocycles. The number of fused-ring (bicyclic) bond motifs is 1. The van der Waals surface area contributed by atoms with Gasteiger partial charge in [0, 0.05) is 37.5 Å². The van der Waals surface area contributed by atoms with Gasteiger partial charge in [-0.3, -0.25) is 9.48 Å². The molecular weight excluding hydrogens is 426 g/mol. The number of hydrogen-bond donors (Lipinski definition) is 2. The van der Waals surface area contributed by atoms with E-state index in [9.17, 15) is 9.90 Å². The lowest BCUT2D eigenvalue weighted by atomic mass is 9.73. The normalized spacial score (nSPS) is 29.1. The van der Waals surface area contributed by atoms with Crippen LogP contribution in [0.5, 0.6) is 0 Å². The number of carbonyl (C=O) groups is 1. The molecule has 34 heavy (non-hydrogen) atoms. The van der Waals surface area contributed by atoms with E-state index in [0.717, 1.165) is 31.2 Å². The van der Waals surface area contributed by atoms with E-state index in [1.54, 1.807) is 24.0 Å². The molecule has 1 aliphatic carbocycles. The summed E-state index contributed by atoms with van der Waals surface area (Å²) in [6.07, 6.45) is 5.29. The van der Waals surface area contributed by atoms with Crippen molar-refractivity contribution >= 4 is 5.91 Å². The molecule has 178 valence electrons. The molecular formula is C28H33N3O3. The van der Waals surface area contributed by atoms with Crippen LogP contribution >= 0.6 is 0 Å². The summed E-state index contributed by atoms with van der Waals surface area (Å²) in [5.74, 6) is -0.00396. The van der Waals surface area contributed by atoms with E-state index in [-0.39, 0.29) is 35.6 Å². The van der Waals surface area contributed by atoms with Gasteiger partial charge in [0.15, 0.2) is 0 Å². The minimum atomic E-state index is -0.389. The van der Waals surface area contributed by atoms with Crippen molar-refractivity contribution in [2.24, 2.45) is 13.0 Å². The number of rotatable bonds is 5. The minimum Gasteiger partial charge on any atom is -0.393 e. The molecule has 0 radical (unpaired) electrons. The molecule has 2 heterocycles. The van der Waals surface area contributed by atoms with Gasteiger partial charge in [-0.15, -0.1) is 0 Å². The summed E-state index contributed by atoms with van der Waals surface area (Å²) in [7, 11) is 1.78. The molecule has 2 aromatic carbocycles. The lowest BCUT2D eigenvalue weighted by molar-refractivity contribution is -0.139. The quantitative estimate of drug-likeness (QED) is 0.601. The summed E-state index contributed by atoms with van der Waals surface area (Å²) < 4.78 is 8.19. The van der Waals surface area contributed by atoms with Crippen LogP contribution in [-0.2, 0) is 17.2 Å². The molecule has 3 aromatic rings. The van der Waals surface area contributed by atoms with Crippen LogP contribution in [0, 0.1) is 5.92 Å². The zero-order valence-corrected chi connectivity index (χ0v) is 19.6. The van der Waals surface area contributed by atoms with Crippen LogP contribution < -0.4 is 5.32 Å². The second kappa shape index (κ2) is 9.72. The number of aliphatic hydroxyl groups is 1. The van der Waals surface area contributed by atoms with E-state index in [0.29, 0.717) is 18.7 Å². The molecule has 1 amide bonds. The molecule has 5 atom stereocenters. The molecule has 1 saturated carbocycles. The molecule has 1 saturated heterocycles. The Kier molecular flexibility index (Phi) is 6.53. The number of benzene rings is 2. The number of hydrogen-bond acceptors (Lipinski definition) is 4. The smallest absolute Gasteiger partial charge is 0.269 e. The molecule has 0 spiro atoms. The average molecular weight is 460 g/mol. The number of aryl methyl sites for hydroxylation is 1. The maximum absolute atomic E-state index is 12.9. The minimum absolute atomic E-state index is 0.00678. The van der Waals surface area contributed by atoms with Gasteiger partial charge < -0.3 is 15.2 Å². The Morgan fingerprint density at radius 3 is 2.50 bits per heavy atom. The van der Waals surface area contributed by atoms with E-state index >= 15 is 0 Å². The largest absolute Gasteiger partial charge is 0.393 e. The van der Waals surface area contributed by atoms with Crippen LogP contribution in [-0.4, -0.2) is 39.5 Å². The first-order chi connectivity index (χ1) is 16.6. The Bertz CT molecular complexity index is 1100. The molecule has 2 fully saturated rings. The molecule has 2 aliphatic rings. The molecule has 6 nitrogen and oxygen atoms in total. The fourth-order valence-corrected chi connectivity index (χ4v) is 5.83. The van der Waals surface area contributed by atoms with Gasteiger partial charge in [-0.1, -0.05) is 60.7 Å². The predicted octanol–water partition coefficient (Wildman–Crippen LogP) is 4.17. The van der Waals surface area contributed by atoms with Crippen molar-refractivity contribution in [2.75, 3.05) is 6.54 Å². The van der Waals surface area contributed by atoms with Crippen LogP contribution in [0.15, 0.2) is 72.9 Å². The fourth-order valence-electron chi connectivity index (χ4n) is 5.83. The lowest BCUT2D eigenvalue weighted by Gasteiger charge is -2.39. The van der Waals surface area contributed by atoms with Gasteiger partial charge in [0.1, 0.15) is 5.69 Å². The van der Waals surface area contributed by atoms with Crippen molar-refractivity contribution < 1.29 is 14.6 Å². The van der Waals surface area contributed by atoms with Gasteiger partial charge >= 0.3 is 0 Å². The number of amides is 1. The zero-order chi connectivity index (χ0) is 23.5. The Balaban J connectivity index is 1.37.